The maximum absolute atomic E-state index is 11.6. The van der Waals surface area contributed by atoms with Gasteiger partial charge in [-0.25, -0.2) is 0 Å². The van der Waals surface area contributed by atoms with Gasteiger partial charge in [-0.15, -0.1) is 0 Å². The third kappa shape index (κ3) is 1.97. The Balaban J connectivity index is 2.55. The summed E-state index contributed by atoms with van der Waals surface area (Å²) in [6, 6.07) is 1.86. The number of carbonyl (C=O) groups excluding carboxylic acids is 1. The van der Waals surface area contributed by atoms with Crippen molar-refractivity contribution in [3.63, 3.8) is 0 Å². The van der Waals surface area contributed by atoms with Crippen molar-refractivity contribution in [1.29, 1.82) is 5.26 Å². The number of hydrogen-bond donors (Lipinski definition) is 2. The fraction of sp³-hybridized carbons (Fsp3) is 0.750. The molecule has 1 heterocycles. The van der Waals surface area contributed by atoms with E-state index in [0.29, 0.717) is 19.6 Å². The molecule has 13 heavy (non-hydrogen) atoms. The van der Waals surface area contributed by atoms with Crippen LogP contribution in [-0.4, -0.2) is 38.3 Å². The van der Waals surface area contributed by atoms with Crippen LogP contribution in [0.25, 0.3) is 0 Å². The van der Waals surface area contributed by atoms with E-state index in [0.717, 1.165) is 0 Å². The first-order chi connectivity index (χ1) is 6.25. The van der Waals surface area contributed by atoms with Crippen LogP contribution in [0.3, 0.4) is 0 Å². The van der Waals surface area contributed by atoms with Gasteiger partial charge in [0.05, 0.1) is 12.7 Å². The van der Waals surface area contributed by atoms with E-state index >= 15 is 0 Å². The highest BCUT2D eigenvalue weighted by Crippen LogP contribution is 2.17. The molecule has 1 saturated heterocycles. The third-order valence-corrected chi connectivity index (χ3v) is 2.26. The Kier molecular flexibility index (Phi) is 3.23. The lowest BCUT2D eigenvalue weighted by Crippen LogP contribution is -2.56. The number of nitriles is 1. The molecule has 1 amide bonds. The minimum Gasteiger partial charge on any atom is -0.379 e. The molecule has 0 bridgehead atoms. The summed E-state index contributed by atoms with van der Waals surface area (Å²) in [5.41, 5.74) is -0.628. The minimum atomic E-state index is -0.628. The first-order valence-corrected chi connectivity index (χ1v) is 4.17. The zero-order chi connectivity index (χ0) is 9.73. The van der Waals surface area contributed by atoms with Gasteiger partial charge in [0.15, 0.2) is 0 Å². The molecule has 1 aliphatic rings. The number of amides is 1. The number of rotatable bonds is 3. The highest BCUT2D eigenvalue weighted by Gasteiger charge is 2.40. The van der Waals surface area contributed by atoms with Crippen LogP contribution in [0.1, 0.15) is 6.42 Å². The van der Waals surface area contributed by atoms with Crippen molar-refractivity contribution in [2.75, 3.05) is 26.8 Å². The normalized spacial score (nSPS) is 26.8. The molecule has 0 saturated carbocycles. The van der Waals surface area contributed by atoms with Crippen molar-refractivity contribution < 1.29 is 9.53 Å². The van der Waals surface area contributed by atoms with E-state index in [1.165, 1.54) is 0 Å². The lowest BCUT2D eigenvalue weighted by molar-refractivity contribution is -0.127. The lowest BCUT2D eigenvalue weighted by Gasteiger charge is -2.24. The molecular formula is C8H13N3O2. The fourth-order valence-electron chi connectivity index (χ4n) is 1.34. The fourth-order valence-corrected chi connectivity index (χ4v) is 1.34. The van der Waals surface area contributed by atoms with Crippen LogP contribution in [0.2, 0.25) is 0 Å². The summed E-state index contributed by atoms with van der Waals surface area (Å²) < 4.78 is 5.15. The maximum atomic E-state index is 11.6. The van der Waals surface area contributed by atoms with Crippen molar-refractivity contribution in [2.24, 2.45) is 0 Å². The Hall–Kier alpha value is -1.12. The van der Waals surface area contributed by atoms with Gasteiger partial charge in [0, 0.05) is 13.0 Å². The Labute approximate surface area is 77.1 Å². The zero-order valence-electron chi connectivity index (χ0n) is 7.59. The topological polar surface area (TPSA) is 74.2 Å². The number of hydrogen-bond acceptors (Lipinski definition) is 4. The predicted molar refractivity (Wildman–Crippen MR) is 45.8 cm³/mol. The maximum Gasteiger partial charge on any atom is 0.243 e. The average molecular weight is 183 g/mol. The number of nitrogens with one attached hydrogen (secondary N) is 2. The highest BCUT2D eigenvalue weighted by atomic mass is 16.5. The van der Waals surface area contributed by atoms with E-state index in [9.17, 15) is 4.79 Å². The summed E-state index contributed by atoms with van der Waals surface area (Å²) in [6.45, 7) is 1.00. The first kappa shape index (κ1) is 9.96. The van der Waals surface area contributed by atoms with Gasteiger partial charge in [0.2, 0.25) is 5.91 Å². The number of likely N-dealkylation sites (N-methyl/N-ethyl adjacent to an activating group) is 1. The summed E-state index contributed by atoms with van der Waals surface area (Å²) in [5.74, 6) is -0.158. The van der Waals surface area contributed by atoms with Crippen LogP contribution in [0.15, 0.2) is 0 Å². The third-order valence-electron chi connectivity index (χ3n) is 2.26. The molecule has 0 radical (unpaired) electrons. The van der Waals surface area contributed by atoms with Crippen molar-refractivity contribution >= 4 is 5.91 Å². The molecule has 1 unspecified atom stereocenters. The number of nitrogens with zero attached hydrogens (tertiary/aromatic N) is 1. The van der Waals surface area contributed by atoms with E-state index in [1.54, 1.807) is 7.05 Å². The van der Waals surface area contributed by atoms with Gasteiger partial charge in [-0.05, 0) is 7.05 Å². The molecule has 72 valence electrons. The Bertz CT molecular complexity index is 228. The summed E-state index contributed by atoms with van der Waals surface area (Å²) in [4.78, 5) is 11.6. The summed E-state index contributed by atoms with van der Waals surface area (Å²) in [5, 5.41) is 13.8. The van der Waals surface area contributed by atoms with Gasteiger partial charge in [-0.1, -0.05) is 0 Å². The van der Waals surface area contributed by atoms with Crippen molar-refractivity contribution in [1.82, 2.24) is 10.6 Å². The molecule has 0 aliphatic carbocycles. The van der Waals surface area contributed by atoms with E-state index in [1.807, 2.05) is 6.07 Å². The molecular weight excluding hydrogens is 170 g/mol. The standard InChI is InChI=1S/C8H13N3O2/c1-10-8(2-5-13-6-8)7(12)11-4-3-9/h10H,2,4-6H2,1H3,(H,11,12). The summed E-state index contributed by atoms with van der Waals surface area (Å²) in [6.07, 6.45) is 0.654. The predicted octanol–water partition coefficient (Wildman–Crippen LogP) is -0.995. The smallest absolute Gasteiger partial charge is 0.243 e. The number of carbonyl (C=O) groups is 1. The van der Waals surface area contributed by atoms with Crippen LogP contribution in [-0.2, 0) is 9.53 Å². The van der Waals surface area contributed by atoms with Gasteiger partial charge in [-0.3, -0.25) is 4.79 Å². The molecule has 0 aromatic rings. The molecule has 5 heteroatoms. The zero-order valence-corrected chi connectivity index (χ0v) is 7.59. The SMILES string of the molecule is CNC1(C(=O)NCC#N)CCOC1. The van der Waals surface area contributed by atoms with Crippen LogP contribution >= 0.6 is 0 Å². The molecule has 1 rings (SSSR count). The molecule has 2 N–H and O–H groups in total. The van der Waals surface area contributed by atoms with Gasteiger partial charge in [0.1, 0.15) is 12.1 Å². The summed E-state index contributed by atoms with van der Waals surface area (Å²) >= 11 is 0. The molecule has 1 fully saturated rings. The van der Waals surface area contributed by atoms with E-state index in [-0.39, 0.29) is 12.5 Å². The molecule has 0 aromatic carbocycles. The Morgan fingerprint density at radius 3 is 3.00 bits per heavy atom. The largest absolute Gasteiger partial charge is 0.379 e. The van der Waals surface area contributed by atoms with Crippen molar-refractivity contribution in [3.05, 3.63) is 0 Å². The van der Waals surface area contributed by atoms with Gasteiger partial charge < -0.3 is 15.4 Å². The lowest BCUT2D eigenvalue weighted by atomic mass is 9.98. The van der Waals surface area contributed by atoms with Gasteiger partial charge >= 0.3 is 0 Å². The van der Waals surface area contributed by atoms with Crippen LogP contribution in [0, 0.1) is 11.3 Å². The molecule has 0 spiro atoms. The van der Waals surface area contributed by atoms with Crippen molar-refractivity contribution in [2.45, 2.75) is 12.0 Å². The minimum absolute atomic E-state index is 0.0439. The molecule has 5 nitrogen and oxygen atoms in total. The number of ether oxygens (including phenoxy) is 1. The molecule has 0 aromatic heterocycles. The van der Waals surface area contributed by atoms with Gasteiger partial charge in [0.25, 0.3) is 0 Å². The first-order valence-electron chi connectivity index (χ1n) is 4.17. The second-order valence-electron chi connectivity index (χ2n) is 2.98. The van der Waals surface area contributed by atoms with E-state index in [2.05, 4.69) is 10.6 Å². The highest BCUT2D eigenvalue weighted by molar-refractivity contribution is 5.87. The monoisotopic (exact) mass is 183 g/mol. The van der Waals surface area contributed by atoms with Crippen molar-refractivity contribution in [3.8, 4) is 6.07 Å². The molecule has 1 aliphatic heterocycles. The second kappa shape index (κ2) is 4.21. The average Bonchev–Trinajstić information content (AvgIpc) is 2.63. The van der Waals surface area contributed by atoms with Crippen LogP contribution < -0.4 is 10.6 Å². The van der Waals surface area contributed by atoms with E-state index < -0.39 is 5.54 Å². The van der Waals surface area contributed by atoms with Crippen LogP contribution in [0.4, 0.5) is 0 Å². The molecule has 1 atom stereocenters. The Morgan fingerprint density at radius 1 is 1.77 bits per heavy atom. The second-order valence-corrected chi connectivity index (χ2v) is 2.98. The van der Waals surface area contributed by atoms with Crippen LogP contribution in [0.5, 0.6) is 0 Å². The quantitative estimate of drug-likeness (QED) is 0.551. The summed E-state index contributed by atoms with van der Waals surface area (Å²) in [7, 11) is 1.72. The Morgan fingerprint density at radius 2 is 2.54 bits per heavy atom. The van der Waals surface area contributed by atoms with Gasteiger partial charge in [-0.2, -0.15) is 5.26 Å². The van der Waals surface area contributed by atoms with E-state index in [4.69, 9.17) is 10.00 Å².